The third kappa shape index (κ3) is 2.12. The van der Waals surface area contributed by atoms with Gasteiger partial charge in [-0.15, -0.1) is 0 Å². The van der Waals surface area contributed by atoms with E-state index in [1.54, 1.807) is 0 Å². The van der Waals surface area contributed by atoms with Crippen molar-refractivity contribution in [3.63, 3.8) is 0 Å². The summed E-state index contributed by atoms with van der Waals surface area (Å²) in [6, 6.07) is 8.88. The molecule has 16 heavy (non-hydrogen) atoms. The minimum absolute atomic E-state index is 1.19. The maximum absolute atomic E-state index is 2.75. The smallest absolute Gasteiger partial charge is 0.0512 e. The predicted octanol–water partition coefficient (Wildman–Crippen LogP) is 2.81. The number of rotatable bonds is 0. The first-order chi connectivity index (χ1) is 7.86. The molecule has 0 unspecified atom stereocenters. The highest BCUT2D eigenvalue weighted by Gasteiger charge is 2.09. The molecule has 0 bridgehead atoms. The van der Waals surface area contributed by atoms with E-state index in [1.165, 1.54) is 42.3 Å². The number of hydrogen-bond donors (Lipinski definition) is 1. The van der Waals surface area contributed by atoms with Gasteiger partial charge in [-0.1, -0.05) is 18.2 Å². The van der Waals surface area contributed by atoms with Crippen molar-refractivity contribution in [2.45, 2.75) is 25.8 Å². The summed E-state index contributed by atoms with van der Waals surface area (Å²) in [7, 11) is 3.75. The number of nitrogens with one attached hydrogen (secondary N) is 1. The second kappa shape index (κ2) is 5.17. The number of hydrogen-bond acceptors (Lipinski definition) is 1. The lowest BCUT2D eigenvalue weighted by Gasteiger charge is -2.02. The normalized spacial score (nSPS) is 14.1. The first-order valence-corrected chi connectivity index (χ1v) is 6.02. The maximum atomic E-state index is 2.75. The molecule has 3 rings (SSSR count). The van der Waals surface area contributed by atoms with Crippen LogP contribution < -0.4 is 5.32 Å². The number of para-hydroxylation sites is 1. The molecule has 86 valence electrons. The summed E-state index contributed by atoms with van der Waals surface area (Å²) in [6.45, 7) is 1.19. The Bertz CT molecular complexity index is 457. The Hall–Kier alpha value is -1.28. The van der Waals surface area contributed by atoms with E-state index in [9.17, 15) is 0 Å². The Morgan fingerprint density at radius 1 is 1.12 bits per heavy atom. The summed E-state index contributed by atoms with van der Waals surface area (Å²) < 4.78 is 2.40. The van der Waals surface area contributed by atoms with Gasteiger partial charge in [0.25, 0.3) is 0 Å². The molecule has 2 heteroatoms. The molecule has 0 radical (unpaired) electrons. The molecule has 0 aliphatic carbocycles. The van der Waals surface area contributed by atoms with Crippen LogP contribution in [0.15, 0.2) is 30.5 Å². The molecule has 1 aromatic heterocycles. The SMILES string of the molecule is CNC.c1cc2c3c(c1)ccn3CCCC2. The van der Waals surface area contributed by atoms with Crippen LogP contribution in [0, 0.1) is 0 Å². The number of aryl methyl sites for hydroxylation is 2. The zero-order chi connectivity index (χ0) is 11.4. The van der Waals surface area contributed by atoms with Gasteiger partial charge in [-0.2, -0.15) is 0 Å². The topological polar surface area (TPSA) is 17.0 Å². The van der Waals surface area contributed by atoms with Crippen molar-refractivity contribution in [3.05, 3.63) is 36.0 Å². The van der Waals surface area contributed by atoms with Crippen molar-refractivity contribution >= 4 is 10.9 Å². The van der Waals surface area contributed by atoms with Gasteiger partial charge in [0.1, 0.15) is 0 Å². The quantitative estimate of drug-likeness (QED) is 0.716. The number of nitrogens with zero attached hydrogens (tertiary/aromatic N) is 1. The van der Waals surface area contributed by atoms with E-state index in [0.29, 0.717) is 0 Å². The van der Waals surface area contributed by atoms with Gasteiger partial charge in [-0.05, 0) is 50.4 Å². The molecule has 0 atom stereocenters. The number of aromatic nitrogens is 1. The minimum atomic E-state index is 1.19. The number of benzene rings is 1. The van der Waals surface area contributed by atoms with E-state index < -0.39 is 0 Å². The zero-order valence-corrected chi connectivity index (χ0v) is 10.2. The first kappa shape index (κ1) is 11.2. The Labute approximate surface area is 97.3 Å². The second-order valence-corrected chi connectivity index (χ2v) is 4.32. The van der Waals surface area contributed by atoms with E-state index in [1.807, 2.05) is 14.1 Å². The van der Waals surface area contributed by atoms with E-state index >= 15 is 0 Å². The van der Waals surface area contributed by atoms with Crippen LogP contribution in [0.4, 0.5) is 0 Å². The van der Waals surface area contributed by atoms with Crippen LogP contribution in [0.2, 0.25) is 0 Å². The van der Waals surface area contributed by atoms with Gasteiger partial charge >= 0.3 is 0 Å². The Morgan fingerprint density at radius 3 is 2.75 bits per heavy atom. The van der Waals surface area contributed by atoms with Gasteiger partial charge in [-0.25, -0.2) is 0 Å². The lowest BCUT2D eigenvalue weighted by atomic mass is 10.1. The zero-order valence-electron chi connectivity index (χ0n) is 10.2. The third-order valence-corrected chi connectivity index (χ3v) is 2.97. The van der Waals surface area contributed by atoms with E-state index in [2.05, 4.69) is 40.3 Å². The van der Waals surface area contributed by atoms with Crippen LogP contribution in [-0.4, -0.2) is 18.7 Å². The average molecular weight is 216 g/mol. The molecule has 2 nitrogen and oxygen atoms in total. The van der Waals surface area contributed by atoms with E-state index in [0.717, 1.165) is 0 Å². The van der Waals surface area contributed by atoms with Gasteiger partial charge in [-0.3, -0.25) is 0 Å². The van der Waals surface area contributed by atoms with Crippen LogP contribution in [-0.2, 0) is 13.0 Å². The molecule has 0 saturated carbocycles. The van der Waals surface area contributed by atoms with Crippen LogP contribution in [0.25, 0.3) is 10.9 Å². The molecule has 0 saturated heterocycles. The molecular weight excluding hydrogens is 196 g/mol. The van der Waals surface area contributed by atoms with Crippen molar-refractivity contribution in [1.82, 2.24) is 9.88 Å². The summed E-state index contributed by atoms with van der Waals surface area (Å²) in [6.07, 6.45) is 6.13. The molecule has 0 spiro atoms. The third-order valence-electron chi connectivity index (χ3n) is 2.97. The van der Waals surface area contributed by atoms with Gasteiger partial charge < -0.3 is 9.88 Å². The maximum Gasteiger partial charge on any atom is 0.0512 e. The van der Waals surface area contributed by atoms with E-state index in [-0.39, 0.29) is 0 Å². The van der Waals surface area contributed by atoms with Crippen LogP contribution in [0.3, 0.4) is 0 Å². The fourth-order valence-electron chi connectivity index (χ4n) is 2.33. The Balaban J connectivity index is 0.000000292. The second-order valence-electron chi connectivity index (χ2n) is 4.32. The molecule has 2 aromatic rings. The highest BCUT2D eigenvalue weighted by molar-refractivity contribution is 5.83. The summed E-state index contributed by atoms with van der Waals surface area (Å²) in [5, 5.41) is 4.15. The summed E-state index contributed by atoms with van der Waals surface area (Å²) >= 11 is 0. The highest BCUT2D eigenvalue weighted by Crippen LogP contribution is 2.24. The van der Waals surface area contributed by atoms with Crippen molar-refractivity contribution in [1.29, 1.82) is 0 Å². The molecule has 1 aromatic carbocycles. The lowest BCUT2D eigenvalue weighted by molar-refractivity contribution is 0.645. The van der Waals surface area contributed by atoms with Crippen LogP contribution >= 0.6 is 0 Å². The van der Waals surface area contributed by atoms with Gasteiger partial charge in [0.15, 0.2) is 0 Å². The van der Waals surface area contributed by atoms with Crippen LogP contribution in [0.5, 0.6) is 0 Å². The average Bonchev–Trinajstić information content (AvgIpc) is 2.57. The largest absolute Gasteiger partial charge is 0.347 e. The molecular formula is C14H20N2. The summed E-state index contributed by atoms with van der Waals surface area (Å²) in [4.78, 5) is 0. The minimum Gasteiger partial charge on any atom is -0.347 e. The standard InChI is InChI=1S/C12H13N.C2H7N/c1-2-8-13-9-7-11-6-3-5-10(4-1)12(11)13;1-3-2/h3,5-7,9H,1-2,4,8H2;3H,1-2H3. The fourth-order valence-corrected chi connectivity index (χ4v) is 2.33. The van der Waals surface area contributed by atoms with Gasteiger partial charge in [0.05, 0.1) is 5.52 Å². The molecule has 2 heterocycles. The fraction of sp³-hybridized carbons (Fsp3) is 0.429. The van der Waals surface area contributed by atoms with Crippen molar-refractivity contribution in [3.8, 4) is 0 Å². The first-order valence-electron chi connectivity index (χ1n) is 6.02. The molecule has 1 aliphatic rings. The molecule has 1 aliphatic heterocycles. The molecule has 0 fully saturated rings. The highest BCUT2D eigenvalue weighted by atomic mass is 15.0. The van der Waals surface area contributed by atoms with Gasteiger partial charge in [0.2, 0.25) is 0 Å². The summed E-state index contributed by atoms with van der Waals surface area (Å²) in [5.41, 5.74) is 3.00. The lowest BCUT2D eigenvalue weighted by Crippen LogP contribution is -1.92. The molecule has 1 N–H and O–H groups in total. The van der Waals surface area contributed by atoms with E-state index in [4.69, 9.17) is 0 Å². The summed E-state index contributed by atoms with van der Waals surface area (Å²) in [5.74, 6) is 0. The van der Waals surface area contributed by atoms with Gasteiger partial charge in [0, 0.05) is 12.7 Å². The monoisotopic (exact) mass is 216 g/mol. The Morgan fingerprint density at radius 2 is 1.94 bits per heavy atom. The predicted molar refractivity (Wildman–Crippen MR) is 69.9 cm³/mol. The Kier molecular flexibility index (Phi) is 3.62. The van der Waals surface area contributed by atoms with Crippen molar-refractivity contribution in [2.24, 2.45) is 0 Å². The van der Waals surface area contributed by atoms with Crippen molar-refractivity contribution < 1.29 is 0 Å². The molecule has 0 amide bonds. The van der Waals surface area contributed by atoms with Crippen molar-refractivity contribution in [2.75, 3.05) is 14.1 Å². The van der Waals surface area contributed by atoms with Crippen LogP contribution in [0.1, 0.15) is 18.4 Å².